The van der Waals surface area contributed by atoms with Crippen LogP contribution in [0.5, 0.6) is 0 Å². The second-order valence-electron chi connectivity index (χ2n) is 5.40. The van der Waals surface area contributed by atoms with Crippen molar-refractivity contribution in [1.82, 2.24) is 5.32 Å². The Labute approximate surface area is 128 Å². The van der Waals surface area contributed by atoms with Gasteiger partial charge in [0.1, 0.15) is 0 Å². The molecule has 1 aliphatic rings. The Bertz CT molecular complexity index is 496. The van der Waals surface area contributed by atoms with Gasteiger partial charge in [-0.25, -0.2) is 4.79 Å². The molecule has 0 bridgehead atoms. The van der Waals surface area contributed by atoms with Crippen molar-refractivity contribution in [3.8, 4) is 0 Å². The number of carbonyl (C=O) groups is 2. The highest BCUT2D eigenvalue weighted by molar-refractivity contribution is 6.30. The highest BCUT2D eigenvalue weighted by Crippen LogP contribution is 2.28. The molecule has 0 aromatic heterocycles. The van der Waals surface area contributed by atoms with E-state index >= 15 is 0 Å². The summed E-state index contributed by atoms with van der Waals surface area (Å²) in [4.78, 5) is 22.6. The van der Waals surface area contributed by atoms with Crippen LogP contribution in [0.15, 0.2) is 24.3 Å². The summed E-state index contributed by atoms with van der Waals surface area (Å²) < 4.78 is 0. The van der Waals surface area contributed by atoms with Crippen LogP contribution in [0.3, 0.4) is 0 Å². The minimum atomic E-state index is -0.707. The Hall–Kier alpha value is -1.75. The molecule has 1 fully saturated rings. The van der Waals surface area contributed by atoms with Crippen LogP contribution in [-0.4, -0.2) is 23.7 Å². The lowest BCUT2D eigenvalue weighted by Crippen LogP contribution is -2.35. The van der Waals surface area contributed by atoms with E-state index in [1.54, 1.807) is 24.3 Å². The zero-order valence-corrected chi connectivity index (χ0v) is 12.4. The molecule has 1 saturated carbocycles. The maximum atomic E-state index is 11.8. The van der Waals surface area contributed by atoms with E-state index in [4.69, 9.17) is 16.7 Å². The number of urea groups is 1. The van der Waals surface area contributed by atoms with Crippen molar-refractivity contribution < 1.29 is 14.7 Å². The van der Waals surface area contributed by atoms with E-state index in [9.17, 15) is 9.59 Å². The van der Waals surface area contributed by atoms with Gasteiger partial charge >= 0.3 is 12.0 Å². The zero-order valence-electron chi connectivity index (χ0n) is 11.6. The summed E-state index contributed by atoms with van der Waals surface area (Å²) in [6.07, 6.45) is 3.08. The number of hydrogen-bond acceptors (Lipinski definition) is 2. The molecule has 6 heteroatoms. The topological polar surface area (TPSA) is 78.4 Å². The van der Waals surface area contributed by atoms with Gasteiger partial charge in [0, 0.05) is 17.3 Å². The summed E-state index contributed by atoms with van der Waals surface area (Å²) in [5, 5.41) is 15.1. The Kier molecular flexibility index (Phi) is 5.44. The van der Waals surface area contributed by atoms with Gasteiger partial charge in [-0.05, 0) is 55.9 Å². The molecule has 0 saturated heterocycles. The van der Waals surface area contributed by atoms with Gasteiger partial charge in [0.15, 0.2) is 0 Å². The third-order valence-electron chi connectivity index (χ3n) is 3.85. The molecule has 2 amide bonds. The lowest BCUT2D eigenvalue weighted by atomic mass is 9.82. The quantitative estimate of drug-likeness (QED) is 0.798. The van der Waals surface area contributed by atoms with Crippen LogP contribution in [0.4, 0.5) is 10.5 Å². The fourth-order valence-electron chi connectivity index (χ4n) is 2.56. The normalized spacial score (nSPS) is 21.6. The van der Waals surface area contributed by atoms with Crippen LogP contribution in [0, 0.1) is 11.8 Å². The fourth-order valence-corrected chi connectivity index (χ4v) is 2.69. The largest absolute Gasteiger partial charge is 0.481 e. The van der Waals surface area contributed by atoms with Crippen molar-refractivity contribution >= 4 is 29.3 Å². The van der Waals surface area contributed by atoms with Crippen LogP contribution < -0.4 is 10.6 Å². The van der Waals surface area contributed by atoms with Gasteiger partial charge in [-0.2, -0.15) is 0 Å². The van der Waals surface area contributed by atoms with Gasteiger partial charge < -0.3 is 15.7 Å². The van der Waals surface area contributed by atoms with Crippen molar-refractivity contribution in [3.05, 3.63) is 29.3 Å². The monoisotopic (exact) mass is 310 g/mol. The van der Waals surface area contributed by atoms with Crippen LogP contribution in [0.2, 0.25) is 5.02 Å². The van der Waals surface area contributed by atoms with E-state index in [0.717, 1.165) is 12.8 Å². The van der Waals surface area contributed by atoms with Crippen molar-refractivity contribution in [2.24, 2.45) is 11.8 Å². The van der Waals surface area contributed by atoms with E-state index < -0.39 is 5.97 Å². The standard InChI is InChI=1S/C15H19ClN2O3/c16-12-5-7-13(8-6-12)18-15(21)17-9-10-1-3-11(4-2-10)14(19)20/h5-8,10-11H,1-4,9H2,(H,19,20)(H2,17,18,21). The first-order chi connectivity index (χ1) is 10.0. The molecule has 0 heterocycles. The van der Waals surface area contributed by atoms with E-state index in [-0.39, 0.29) is 11.9 Å². The second-order valence-corrected chi connectivity index (χ2v) is 5.83. The molecular formula is C15H19ClN2O3. The van der Waals surface area contributed by atoms with E-state index in [2.05, 4.69) is 10.6 Å². The van der Waals surface area contributed by atoms with Crippen molar-refractivity contribution in [3.63, 3.8) is 0 Å². The average molecular weight is 311 g/mol. The third kappa shape index (κ3) is 4.93. The minimum Gasteiger partial charge on any atom is -0.481 e. The predicted octanol–water partition coefficient (Wildman–Crippen LogP) is 3.35. The Morgan fingerprint density at radius 3 is 2.33 bits per heavy atom. The molecule has 0 aliphatic heterocycles. The number of carboxylic acid groups (broad SMARTS) is 1. The number of rotatable bonds is 4. The number of carbonyl (C=O) groups excluding carboxylic acids is 1. The molecule has 2 rings (SSSR count). The molecule has 1 aromatic carbocycles. The molecule has 0 spiro atoms. The fraction of sp³-hybridized carbons (Fsp3) is 0.467. The van der Waals surface area contributed by atoms with Crippen molar-refractivity contribution in [2.45, 2.75) is 25.7 Å². The van der Waals surface area contributed by atoms with Gasteiger partial charge in [-0.3, -0.25) is 4.79 Å². The molecule has 1 aliphatic carbocycles. The highest BCUT2D eigenvalue weighted by Gasteiger charge is 2.25. The number of nitrogens with one attached hydrogen (secondary N) is 2. The summed E-state index contributed by atoms with van der Waals surface area (Å²) in [6, 6.07) is 6.65. The summed E-state index contributed by atoms with van der Waals surface area (Å²) in [6.45, 7) is 0.575. The average Bonchev–Trinajstić information content (AvgIpc) is 2.48. The van der Waals surface area contributed by atoms with Crippen molar-refractivity contribution in [2.75, 3.05) is 11.9 Å². The summed E-state index contributed by atoms with van der Waals surface area (Å²) >= 11 is 5.77. The van der Waals surface area contributed by atoms with E-state index in [0.29, 0.717) is 36.0 Å². The van der Waals surface area contributed by atoms with E-state index in [1.807, 2.05) is 0 Å². The molecule has 0 radical (unpaired) electrons. The van der Waals surface area contributed by atoms with Crippen LogP contribution >= 0.6 is 11.6 Å². The maximum absolute atomic E-state index is 11.8. The number of aliphatic carboxylic acids is 1. The number of halogens is 1. The number of amides is 2. The molecular weight excluding hydrogens is 292 g/mol. The SMILES string of the molecule is O=C(NCC1CCC(C(=O)O)CC1)Nc1ccc(Cl)cc1. The Morgan fingerprint density at radius 2 is 1.76 bits per heavy atom. The third-order valence-corrected chi connectivity index (χ3v) is 4.10. The highest BCUT2D eigenvalue weighted by atomic mass is 35.5. The first-order valence-electron chi connectivity index (χ1n) is 7.08. The number of benzene rings is 1. The molecule has 21 heavy (non-hydrogen) atoms. The maximum Gasteiger partial charge on any atom is 0.319 e. The molecule has 1 aromatic rings. The molecule has 0 atom stereocenters. The lowest BCUT2D eigenvalue weighted by molar-refractivity contribution is -0.143. The second kappa shape index (κ2) is 7.31. The minimum absolute atomic E-state index is 0.218. The molecule has 114 valence electrons. The lowest BCUT2D eigenvalue weighted by Gasteiger charge is -2.26. The summed E-state index contributed by atoms with van der Waals surface area (Å²) in [7, 11) is 0. The van der Waals surface area contributed by atoms with Crippen LogP contribution in [-0.2, 0) is 4.79 Å². The van der Waals surface area contributed by atoms with E-state index in [1.165, 1.54) is 0 Å². The predicted molar refractivity (Wildman–Crippen MR) is 81.6 cm³/mol. The Morgan fingerprint density at radius 1 is 1.14 bits per heavy atom. The van der Waals surface area contributed by atoms with Gasteiger partial charge in [0.25, 0.3) is 0 Å². The van der Waals surface area contributed by atoms with Gasteiger partial charge in [-0.15, -0.1) is 0 Å². The zero-order chi connectivity index (χ0) is 15.2. The molecule has 5 nitrogen and oxygen atoms in total. The van der Waals surface area contributed by atoms with Gasteiger partial charge in [0.2, 0.25) is 0 Å². The Balaban J connectivity index is 1.70. The first kappa shape index (κ1) is 15.6. The van der Waals surface area contributed by atoms with Crippen LogP contribution in [0.1, 0.15) is 25.7 Å². The summed E-state index contributed by atoms with van der Waals surface area (Å²) in [5.41, 5.74) is 0.687. The van der Waals surface area contributed by atoms with Crippen LogP contribution in [0.25, 0.3) is 0 Å². The molecule has 0 unspecified atom stereocenters. The number of anilines is 1. The van der Waals surface area contributed by atoms with Gasteiger partial charge in [0.05, 0.1) is 5.92 Å². The smallest absolute Gasteiger partial charge is 0.319 e. The summed E-state index contributed by atoms with van der Waals surface area (Å²) in [5.74, 6) is -0.567. The van der Waals surface area contributed by atoms with Crippen molar-refractivity contribution in [1.29, 1.82) is 0 Å². The first-order valence-corrected chi connectivity index (χ1v) is 7.45. The van der Waals surface area contributed by atoms with Gasteiger partial charge in [-0.1, -0.05) is 11.6 Å². The number of carboxylic acids is 1. The number of hydrogen-bond donors (Lipinski definition) is 3. The molecule has 3 N–H and O–H groups in total.